The highest BCUT2D eigenvalue weighted by atomic mass is 16.6. The van der Waals surface area contributed by atoms with E-state index in [0.29, 0.717) is 39.6 Å². The van der Waals surface area contributed by atoms with Crippen molar-refractivity contribution in [3.63, 3.8) is 0 Å². The largest absolute Gasteiger partial charge is 0.379 e. The van der Waals surface area contributed by atoms with Crippen molar-refractivity contribution < 1.29 is 18.9 Å². The van der Waals surface area contributed by atoms with Crippen LogP contribution < -0.4 is 0 Å². The quantitative estimate of drug-likeness (QED) is 0.361. The summed E-state index contributed by atoms with van der Waals surface area (Å²) in [5.74, 6) is 0. The summed E-state index contributed by atoms with van der Waals surface area (Å²) in [6, 6.07) is 0. The fourth-order valence-corrected chi connectivity index (χ4v) is 1.82. The summed E-state index contributed by atoms with van der Waals surface area (Å²) in [7, 11) is 0. The van der Waals surface area contributed by atoms with E-state index in [-0.39, 0.29) is 0 Å². The van der Waals surface area contributed by atoms with Crippen LogP contribution in [-0.2, 0) is 18.9 Å². The predicted molar refractivity (Wildman–Crippen MR) is 86.9 cm³/mol. The highest BCUT2D eigenvalue weighted by Gasteiger charge is 1.93. The Morgan fingerprint density at radius 1 is 0.381 bits per heavy atom. The molecule has 0 aliphatic heterocycles. The topological polar surface area (TPSA) is 36.9 Å². The molecule has 4 nitrogen and oxygen atoms in total. The first kappa shape index (κ1) is 20.8. The molecule has 0 N–H and O–H groups in total. The van der Waals surface area contributed by atoms with Crippen LogP contribution in [0.15, 0.2) is 0 Å². The number of ether oxygens (including phenoxy) is 4. The van der Waals surface area contributed by atoms with Gasteiger partial charge in [0.1, 0.15) is 0 Å². The molecular formula is C17H36O4. The van der Waals surface area contributed by atoms with Gasteiger partial charge in [0.05, 0.1) is 39.6 Å². The van der Waals surface area contributed by atoms with Gasteiger partial charge < -0.3 is 18.9 Å². The molecule has 4 heteroatoms. The minimum Gasteiger partial charge on any atom is -0.379 e. The summed E-state index contributed by atoms with van der Waals surface area (Å²) in [5, 5.41) is 0. The summed E-state index contributed by atoms with van der Waals surface area (Å²) in [5.41, 5.74) is 0. The number of hydrogen-bond donors (Lipinski definition) is 0. The maximum atomic E-state index is 5.51. The predicted octanol–water partition coefficient (Wildman–Crippen LogP) is 3.82. The minimum absolute atomic E-state index is 0.633. The van der Waals surface area contributed by atoms with Gasteiger partial charge in [-0.3, -0.25) is 0 Å². The molecule has 21 heavy (non-hydrogen) atoms. The molecule has 0 bridgehead atoms. The number of rotatable bonds is 18. The molecule has 128 valence electrons. The molecule has 0 saturated heterocycles. The van der Waals surface area contributed by atoms with E-state index in [2.05, 4.69) is 13.8 Å². The first-order chi connectivity index (χ1) is 10.4. The second-order valence-corrected chi connectivity index (χ2v) is 5.22. The molecule has 0 saturated carbocycles. The SMILES string of the molecule is CCCCCCCOCCOCCOCCOCCCC. The molecule has 0 atom stereocenters. The van der Waals surface area contributed by atoms with E-state index in [0.717, 1.165) is 19.6 Å². The van der Waals surface area contributed by atoms with Gasteiger partial charge in [0.15, 0.2) is 0 Å². The summed E-state index contributed by atoms with van der Waals surface area (Å²) in [6.07, 6.45) is 8.71. The van der Waals surface area contributed by atoms with E-state index in [1.54, 1.807) is 0 Å². The summed E-state index contributed by atoms with van der Waals surface area (Å²) < 4.78 is 21.7. The zero-order valence-corrected chi connectivity index (χ0v) is 14.2. The fraction of sp³-hybridized carbons (Fsp3) is 1.00. The van der Waals surface area contributed by atoms with Crippen molar-refractivity contribution >= 4 is 0 Å². The summed E-state index contributed by atoms with van der Waals surface area (Å²) in [6.45, 7) is 10.0. The third kappa shape index (κ3) is 19.8. The fourth-order valence-electron chi connectivity index (χ4n) is 1.82. The zero-order chi connectivity index (χ0) is 15.4. The Morgan fingerprint density at radius 3 is 1.24 bits per heavy atom. The van der Waals surface area contributed by atoms with Gasteiger partial charge in [0, 0.05) is 13.2 Å². The van der Waals surface area contributed by atoms with Crippen LogP contribution in [0.1, 0.15) is 58.8 Å². The van der Waals surface area contributed by atoms with Crippen molar-refractivity contribution in [2.45, 2.75) is 58.8 Å². The van der Waals surface area contributed by atoms with Crippen LogP contribution in [0.2, 0.25) is 0 Å². The molecule has 0 rings (SSSR count). The van der Waals surface area contributed by atoms with Gasteiger partial charge in [-0.1, -0.05) is 46.0 Å². The van der Waals surface area contributed by atoms with Crippen LogP contribution in [-0.4, -0.2) is 52.9 Å². The van der Waals surface area contributed by atoms with Gasteiger partial charge in [-0.15, -0.1) is 0 Å². The van der Waals surface area contributed by atoms with Crippen LogP contribution in [0.4, 0.5) is 0 Å². The molecule has 0 aromatic heterocycles. The summed E-state index contributed by atoms with van der Waals surface area (Å²) in [4.78, 5) is 0. The molecular weight excluding hydrogens is 268 g/mol. The van der Waals surface area contributed by atoms with Crippen molar-refractivity contribution in [3.8, 4) is 0 Å². The van der Waals surface area contributed by atoms with E-state index in [1.807, 2.05) is 0 Å². The average molecular weight is 304 g/mol. The van der Waals surface area contributed by atoms with Crippen molar-refractivity contribution in [1.82, 2.24) is 0 Å². The van der Waals surface area contributed by atoms with Crippen LogP contribution >= 0.6 is 0 Å². The smallest absolute Gasteiger partial charge is 0.0701 e. The van der Waals surface area contributed by atoms with Crippen molar-refractivity contribution in [2.75, 3.05) is 52.9 Å². The highest BCUT2D eigenvalue weighted by molar-refractivity contribution is 4.42. The van der Waals surface area contributed by atoms with E-state index < -0.39 is 0 Å². The molecule has 0 amide bonds. The average Bonchev–Trinajstić information content (AvgIpc) is 2.50. The maximum absolute atomic E-state index is 5.51. The Labute approximate surface area is 131 Å². The van der Waals surface area contributed by atoms with Gasteiger partial charge in [0.25, 0.3) is 0 Å². The standard InChI is InChI=1S/C17H36O4/c1-3-5-7-8-9-11-19-13-15-21-17-16-20-14-12-18-10-6-4-2/h3-17H2,1-2H3. The highest BCUT2D eigenvalue weighted by Crippen LogP contribution is 2.02. The first-order valence-electron chi connectivity index (χ1n) is 8.72. The molecule has 0 aliphatic carbocycles. The Bertz CT molecular complexity index is 158. The Hall–Kier alpha value is -0.160. The minimum atomic E-state index is 0.633. The second-order valence-electron chi connectivity index (χ2n) is 5.22. The van der Waals surface area contributed by atoms with Gasteiger partial charge in [-0.2, -0.15) is 0 Å². The molecule has 0 fully saturated rings. The van der Waals surface area contributed by atoms with Gasteiger partial charge in [0.2, 0.25) is 0 Å². The van der Waals surface area contributed by atoms with Gasteiger partial charge >= 0.3 is 0 Å². The van der Waals surface area contributed by atoms with E-state index in [1.165, 1.54) is 38.5 Å². The van der Waals surface area contributed by atoms with Crippen LogP contribution in [0.5, 0.6) is 0 Å². The van der Waals surface area contributed by atoms with E-state index in [9.17, 15) is 0 Å². The lowest BCUT2D eigenvalue weighted by atomic mass is 10.2. The van der Waals surface area contributed by atoms with Crippen LogP contribution in [0.3, 0.4) is 0 Å². The second kappa shape index (κ2) is 19.8. The summed E-state index contributed by atoms with van der Waals surface area (Å²) >= 11 is 0. The molecule has 0 aromatic carbocycles. The Kier molecular flexibility index (Phi) is 19.7. The van der Waals surface area contributed by atoms with Gasteiger partial charge in [-0.25, -0.2) is 0 Å². The monoisotopic (exact) mass is 304 g/mol. The van der Waals surface area contributed by atoms with Crippen molar-refractivity contribution in [2.24, 2.45) is 0 Å². The molecule has 0 aliphatic rings. The van der Waals surface area contributed by atoms with E-state index >= 15 is 0 Å². The van der Waals surface area contributed by atoms with Crippen molar-refractivity contribution in [3.05, 3.63) is 0 Å². The molecule has 0 radical (unpaired) electrons. The lowest BCUT2D eigenvalue weighted by Crippen LogP contribution is -2.12. The molecule has 0 spiro atoms. The van der Waals surface area contributed by atoms with Gasteiger partial charge in [-0.05, 0) is 12.8 Å². The molecule has 0 heterocycles. The third-order valence-electron chi connectivity index (χ3n) is 3.15. The Morgan fingerprint density at radius 2 is 0.762 bits per heavy atom. The van der Waals surface area contributed by atoms with Crippen LogP contribution in [0, 0.1) is 0 Å². The molecule has 0 unspecified atom stereocenters. The zero-order valence-electron chi connectivity index (χ0n) is 14.2. The molecule has 0 aromatic rings. The van der Waals surface area contributed by atoms with E-state index in [4.69, 9.17) is 18.9 Å². The first-order valence-corrected chi connectivity index (χ1v) is 8.72. The lowest BCUT2D eigenvalue weighted by Gasteiger charge is -2.07. The van der Waals surface area contributed by atoms with Crippen LogP contribution in [0.25, 0.3) is 0 Å². The van der Waals surface area contributed by atoms with Crippen molar-refractivity contribution in [1.29, 1.82) is 0 Å². The lowest BCUT2D eigenvalue weighted by molar-refractivity contribution is -0.00238. The number of hydrogen-bond acceptors (Lipinski definition) is 4. The normalized spacial score (nSPS) is 11.1. The third-order valence-corrected chi connectivity index (χ3v) is 3.15. The Balaban J connectivity index is 2.90. The number of unbranched alkanes of at least 4 members (excludes halogenated alkanes) is 5. The maximum Gasteiger partial charge on any atom is 0.0701 e.